The number of imide groups is 1. The molecular weight excluding hydrogens is 342 g/mol. The monoisotopic (exact) mass is 369 g/mol. The molecule has 4 amide bonds. The summed E-state index contributed by atoms with van der Waals surface area (Å²) in [6, 6.07) is 7.50. The van der Waals surface area contributed by atoms with Gasteiger partial charge in [-0.15, -0.1) is 0 Å². The van der Waals surface area contributed by atoms with E-state index in [0.717, 1.165) is 41.8 Å². The zero-order valence-corrected chi connectivity index (χ0v) is 16.0. The minimum absolute atomic E-state index is 0.0534. The third-order valence-corrected chi connectivity index (χ3v) is 6.46. The topological polar surface area (TPSA) is 69.7 Å². The molecule has 2 heterocycles. The molecule has 27 heavy (non-hydrogen) atoms. The summed E-state index contributed by atoms with van der Waals surface area (Å²) in [5, 5.41) is 2.90. The summed E-state index contributed by atoms with van der Waals surface area (Å²) >= 11 is 0. The predicted molar refractivity (Wildman–Crippen MR) is 102 cm³/mol. The van der Waals surface area contributed by atoms with Crippen LogP contribution in [0, 0.1) is 5.92 Å². The van der Waals surface area contributed by atoms with Gasteiger partial charge in [-0.1, -0.05) is 25.1 Å². The standard InChI is InChI=1S/C21H27N3O3/c1-14-9-11-21(12-10-14)19(26)23(20(27)22-21)13-18(25)24-15(2)7-8-16-5-3-4-6-17(16)24/h3-6,14-15H,7-13H2,1-2H3,(H,22,27). The van der Waals surface area contributed by atoms with Crippen LogP contribution in [0.4, 0.5) is 10.5 Å². The lowest BCUT2D eigenvalue weighted by Gasteiger charge is -2.36. The van der Waals surface area contributed by atoms with Gasteiger partial charge in [-0.2, -0.15) is 0 Å². The molecule has 0 bridgehead atoms. The molecule has 144 valence electrons. The highest BCUT2D eigenvalue weighted by Crippen LogP contribution is 2.37. The Hall–Kier alpha value is -2.37. The van der Waals surface area contributed by atoms with Gasteiger partial charge in [0.1, 0.15) is 12.1 Å². The number of nitrogens with one attached hydrogen (secondary N) is 1. The number of hydrogen-bond donors (Lipinski definition) is 1. The number of rotatable bonds is 2. The Labute approximate surface area is 159 Å². The zero-order valence-electron chi connectivity index (χ0n) is 16.0. The Morgan fingerprint density at radius 3 is 2.59 bits per heavy atom. The molecular formula is C21H27N3O3. The van der Waals surface area contributed by atoms with E-state index in [1.807, 2.05) is 31.2 Å². The summed E-state index contributed by atoms with van der Waals surface area (Å²) in [5.41, 5.74) is 1.24. The van der Waals surface area contributed by atoms with E-state index < -0.39 is 11.6 Å². The number of aryl methyl sites for hydroxylation is 1. The van der Waals surface area contributed by atoms with Crippen molar-refractivity contribution in [3.63, 3.8) is 0 Å². The summed E-state index contributed by atoms with van der Waals surface area (Å²) in [6.07, 6.45) is 4.98. The normalized spacial score (nSPS) is 30.4. The van der Waals surface area contributed by atoms with Gasteiger partial charge in [0.25, 0.3) is 5.91 Å². The summed E-state index contributed by atoms with van der Waals surface area (Å²) in [5.74, 6) is 0.145. The summed E-state index contributed by atoms with van der Waals surface area (Å²) in [7, 11) is 0. The largest absolute Gasteiger partial charge is 0.325 e. The van der Waals surface area contributed by atoms with E-state index in [-0.39, 0.29) is 24.4 Å². The molecule has 2 fully saturated rings. The molecule has 0 radical (unpaired) electrons. The molecule has 3 aliphatic rings. The molecule has 1 atom stereocenters. The average Bonchev–Trinajstić information content (AvgIpc) is 2.88. The van der Waals surface area contributed by atoms with Crippen molar-refractivity contribution in [2.45, 2.75) is 64.0 Å². The number of nitrogens with zero attached hydrogens (tertiary/aromatic N) is 2. The fraction of sp³-hybridized carbons (Fsp3) is 0.571. The number of benzene rings is 1. The first kappa shape index (κ1) is 18.0. The van der Waals surface area contributed by atoms with Crippen molar-refractivity contribution in [1.29, 1.82) is 0 Å². The Morgan fingerprint density at radius 1 is 1.15 bits per heavy atom. The number of para-hydroxylation sites is 1. The Bertz CT molecular complexity index is 783. The van der Waals surface area contributed by atoms with Gasteiger partial charge in [0.05, 0.1) is 0 Å². The van der Waals surface area contributed by atoms with Crippen LogP contribution in [0.1, 0.15) is 51.5 Å². The SMILES string of the molecule is CC1CCC2(CC1)NC(=O)N(CC(=O)N1c3ccccc3CCC1C)C2=O. The molecule has 2 aliphatic heterocycles. The number of carbonyl (C=O) groups is 3. The average molecular weight is 369 g/mol. The smallest absolute Gasteiger partial charge is 0.323 e. The highest BCUT2D eigenvalue weighted by Gasteiger charge is 2.52. The van der Waals surface area contributed by atoms with Crippen LogP contribution in [0.25, 0.3) is 0 Å². The van der Waals surface area contributed by atoms with Crippen molar-refractivity contribution in [3.05, 3.63) is 29.8 Å². The number of fused-ring (bicyclic) bond motifs is 1. The Kier molecular flexibility index (Phi) is 4.44. The maximum absolute atomic E-state index is 13.1. The van der Waals surface area contributed by atoms with Crippen molar-refractivity contribution in [3.8, 4) is 0 Å². The van der Waals surface area contributed by atoms with E-state index in [9.17, 15) is 14.4 Å². The van der Waals surface area contributed by atoms with Crippen LogP contribution in [0.2, 0.25) is 0 Å². The second-order valence-corrected chi connectivity index (χ2v) is 8.37. The second-order valence-electron chi connectivity index (χ2n) is 8.37. The molecule has 1 N–H and O–H groups in total. The van der Waals surface area contributed by atoms with Gasteiger partial charge >= 0.3 is 6.03 Å². The van der Waals surface area contributed by atoms with Crippen LogP contribution in [-0.2, 0) is 16.0 Å². The Morgan fingerprint density at radius 2 is 1.85 bits per heavy atom. The van der Waals surface area contributed by atoms with Crippen LogP contribution in [0.5, 0.6) is 0 Å². The summed E-state index contributed by atoms with van der Waals surface area (Å²) < 4.78 is 0. The third kappa shape index (κ3) is 3.01. The fourth-order valence-electron chi connectivity index (χ4n) is 4.69. The third-order valence-electron chi connectivity index (χ3n) is 6.46. The van der Waals surface area contributed by atoms with Gasteiger partial charge in [-0.25, -0.2) is 4.79 Å². The quantitative estimate of drug-likeness (QED) is 0.815. The highest BCUT2D eigenvalue weighted by atomic mass is 16.2. The molecule has 1 unspecified atom stereocenters. The van der Waals surface area contributed by atoms with Crippen LogP contribution in [0.3, 0.4) is 0 Å². The molecule has 6 nitrogen and oxygen atoms in total. The summed E-state index contributed by atoms with van der Waals surface area (Å²) in [6.45, 7) is 4.00. The molecule has 1 spiro atoms. The summed E-state index contributed by atoms with van der Waals surface area (Å²) in [4.78, 5) is 41.5. The van der Waals surface area contributed by atoms with Crippen molar-refractivity contribution in [2.75, 3.05) is 11.4 Å². The van der Waals surface area contributed by atoms with Gasteiger partial charge < -0.3 is 10.2 Å². The van der Waals surface area contributed by atoms with E-state index in [0.29, 0.717) is 18.8 Å². The predicted octanol–water partition coefficient (Wildman–Crippen LogP) is 2.86. The number of amides is 4. The van der Waals surface area contributed by atoms with E-state index in [1.165, 1.54) is 0 Å². The maximum Gasteiger partial charge on any atom is 0.325 e. The molecule has 1 aliphatic carbocycles. The lowest BCUT2D eigenvalue weighted by molar-refractivity contribution is -0.135. The van der Waals surface area contributed by atoms with E-state index in [2.05, 4.69) is 12.2 Å². The Balaban J connectivity index is 1.53. The van der Waals surface area contributed by atoms with Crippen molar-refractivity contribution in [1.82, 2.24) is 10.2 Å². The fourth-order valence-corrected chi connectivity index (χ4v) is 4.69. The van der Waals surface area contributed by atoms with Crippen molar-refractivity contribution < 1.29 is 14.4 Å². The minimum atomic E-state index is -0.796. The van der Waals surface area contributed by atoms with E-state index >= 15 is 0 Å². The lowest BCUT2D eigenvalue weighted by atomic mass is 9.77. The number of urea groups is 1. The molecule has 6 heteroatoms. The first-order valence-electron chi connectivity index (χ1n) is 9.95. The van der Waals surface area contributed by atoms with E-state index in [1.54, 1.807) is 4.90 Å². The lowest BCUT2D eigenvalue weighted by Crippen LogP contribution is -2.51. The van der Waals surface area contributed by atoms with Gasteiger partial charge in [0.15, 0.2) is 0 Å². The van der Waals surface area contributed by atoms with Crippen LogP contribution < -0.4 is 10.2 Å². The van der Waals surface area contributed by atoms with Crippen LogP contribution in [0.15, 0.2) is 24.3 Å². The van der Waals surface area contributed by atoms with Gasteiger partial charge in [-0.05, 0) is 63.0 Å². The molecule has 1 aromatic rings. The van der Waals surface area contributed by atoms with Gasteiger partial charge in [0.2, 0.25) is 5.91 Å². The first-order chi connectivity index (χ1) is 12.9. The molecule has 1 aromatic carbocycles. The molecule has 1 saturated carbocycles. The van der Waals surface area contributed by atoms with Gasteiger partial charge in [-0.3, -0.25) is 14.5 Å². The minimum Gasteiger partial charge on any atom is -0.323 e. The maximum atomic E-state index is 13.1. The van der Waals surface area contributed by atoms with Crippen molar-refractivity contribution >= 4 is 23.5 Å². The molecule has 0 aromatic heterocycles. The van der Waals surface area contributed by atoms with E-state index in [4.69, 9.17) is 0 Å². The first-order valence-corrected chi connectivity index (χ1v) is 9.95. The number of carbonyl (C=O) groups excluding carboxylic acids is 3. The zero-order chi connectivity index (χ0) is 19.2. The molecule has 4 rings (SSSR count). The molecule has 1 saturated heterocycles. The second kappa shape index (κ2) is 6.66. The van der Waals surface area contributed by atoms with Crippen LogP contribution in [-0.4, -0.2) is 40.9 Å². The van der Waals surface area contributed by atoms with Crippen molar-refractivity contribution in [2.24, 2.45) is 5.92 Å². The number of hydrogen-bond acceptors (Lipinski definition) is 3. The number of anilines is 1. The van der Waals surface area contributed by atoms with Gasteiger partial charge in [0, 0.05) is 11.7 Å². The van der Waals surface area contributed by atoms with Crippen LogP contribution >= 0.6 is 0 Å². The highest BCUT2D eigenvalue weighted by molar-refractivity contribution is 6.10.